The standard InChI is InChI=1S/C18H20N2O3S/c21-17(14-5-3-11-23-14)19-7-9-20(10-8-19)18(22)16-12-13-4-1-2-6-15(13)24-16/h3,5,11-12H,1-2,4,6-10H2. The summed E-state index contributed by atoms with van der Waals surface area (Å²) < 4.78 is 5.17. The SMILES string of the molecule is O=C(c1ccco1)N1CCN(C(=O)c2cc3c(s2)CCCC3)CC1. The number of rotatable bonds is 2. The molecule has 1 aliphatic carbocycles. The fourth-order valence-electron chi connectivity index (χ4n) is 3.42. The zero-order valence-corrected chi connectivity index (χ0v) is 14.3. The van der Waals surface area contributed by atoms with Crippen LogP contribution in [0.2, 0.25) is 0 Å². The van der Waals surface area contributed by atoms with Crippen molar-refractivity contribution in [3.05, 3.63) is 45.5 Å². The fraction of sp³-hybridized carbons (Fsp3) is 0.444. The van der Waals surface area contributed by atoms with Crippen LogP contribution in [-0.4, -0.2) is 47.8 Å². The van der Waals surface area contributed by atoms with Crippen LogP contribution in [0.4, 0.5) is 0 Å². The molecule has 24 heavy (non-hydrogen) atoms. The molecule has 1 aliphatic heterocycles. The quantitative estimate of drug-likeness (QED) is 0.842. The van der Waals surface area contributed by atoms with E-state index in [1.807, 2.05) is 4.90 Å². The Bertz CT molecular complexity index is 719. The van der Waals surface area contributed by atoms with E-state index in [1.165, 1.54) is 29.5 Å². The molecule has 0 aromatic carbocycles. The first kappa shape index (κ1) is 15.4. The Morgan fingerprint density at radius 2 is 1.71 bits per heavy atom. The average molecular weight is 344 g/mol. The van der Waals surface area contributed by atoms with E-state index >= 15 is 0 Å². The Kier molecular flexibility index (Phi) is 4.14. The van der Waals surface area contributed by atoms with Crippen LogP contribution in [0.1, 0.15) is 43.5 Å². The van der Waals surface area contributed by atoms with Gasteiger partial charge >= 0.3 is 0 Å². The molecule has 6 heteroatoms. The zero-order valence-electron chi connectivity index (χ0n) is 13.5. The normalized spacial score (nSPS) is 17.7. The maximum Gasteiger partial charge on any atom is 0.289 e. The highest BCUT2D eigenvalue weighted by Crippen LogP contribution is 2.30. The van der Waals surface area contributed by atoms with Gasteiger partial charge in [-0.25, -0.2) is 0 Å². The fourth-order valence-corrected chi connectivity index (χ4v) is 4.64. The number of carbonyl (C=O) groups excluding carboxylic acids is 2. The maximum absolute atomic E-state index is 12.7. The smallest absolute Gasteiger partial charge is 0.289 e. The van der Waals surface area contributed by atoms with Gasteiger partial charge in [0.1, 0.15) is 0 Å². The lowest BCUT2D eigenvalue weighted by atomic mass is 9.99. The second-order valence-corrected chi connectivity index (χ2v) is 7.46. The zero-order chi connectivity index (χ0) is 16.5. The lowest BCUT2D eigenvalue weighted by Gasteiger charge is -2.34. The second kappa shape index (κ2) is 6.43. The predicted octanol–water partition coefficient (Wildman–Crippen LogP) is 2.82. The molecule has 5 nitrogen and oxygen atoms in total. The van der Waals surface area contributed by atoms with Gasteiger partial charge in [0.05, 0.1) is 11.1 Å². The van der Waals surface area contributed by atoms with E-state index in [2.05, 4.69) is 6.07 Å². The van der Waals surface area contributed by atoms with Gasteiger partial charge < -0.3 is 14.2 Å². The van der Waals surface area contributed by atoms with E-state index in [9.17, 15) is 9.59 Å². The summed E-state index contributed by atoms with van der Waals surface area (Å²) in [6.45, 7) is 2.26. The molecule has 2 aliphatic rings. The van der Waals surface area contributed by atoms with Crippen molar-refractivity contribution in [1.82, 2.24) is 9.80 Å². The van der Waals surface area contributed by atoms with E-state index in [0.29, 0.717) is 31.9 Å². The number of nitrogens with zero attached hydrogens (tertiary/aromatic N) is 2. The summed E-state index contributed by atoms with van der Waals surface area (Å²) in [4.78, 5) is 30.9. The number of carbonyl (C=O) groups is 2. The first-order valence-electron chi connectivity index (χ1n) is 8.46. The minimum absolute atomic E-state index is 0.0984. The van der Waals surface area contributed by atoms with Crippen LogP contribution in [0.15, 0.2) is 28.9 Å². The summed E-state index contributed by atoms with van der Waals surface area (Å²) in [5, 5.41) is 0. The van der Waals surface area contributed by atoms with Gasteiger partial charge in [0, 0.05) is 31.1 Å². The molecule has 1 saturated heterocycles. The predicted molar refractivity (Wildman–Crippen MR) is 91.5 cm³/mol. The third-order valence-electron chi connectivity index (χ3n) is 4.79. The third-order valence-corrected chi connectivity index (χ3v) is 6.02. The molecule has 126 valence electrons. The van der Waals surface area contributed by atoms with Gasteiger partial charge in [-0.05, 0) is 49.4 Å². The largest absolute Gasteiger partial charge is 0.459 e. The molecule has 0 bridgehead atoms. The van der Waals surface area contributed by atoms with Crippen molar-refractivity contribution in [3.63, 3.8) is 0 Å². The molecule has 0 unspecified atom stereocenters. The van der Waals surface area contributed by atoms with Gasteiger partial charge in [-0.2, -0.15) is 0 Å². The van der Waals surface area contributed by atoms with Crippen molar-refractivity contribution >= 4 is 23.2 Å². The summed E-state index contributed by atoms with van der Waals surface area (Å²) in [5.41, 5.74) is 1.36. The first-order chi connectivity index (χ1) is 11.7. The van der Waals surface area contributed by atoms with Crippen LogP contribution in [0.5, 0.6) is 0 Å². The molecule has 0 saturated carbocycles. The van der Waals surface area contributed by atoms with Crippen LogP contribution < -0.4 is 0 Å². The summed E-state index contributed by atoms with van der Waals surface area (Å²) in [5.74, 6) is 0.374. The van der Waals surface area contributed by atoms with E-state index in [1.54, 1.807) is 28.4 Å². The van der Waals surface area contributed by atoms with Gasteiger partial charge in [0.15, 0.2) is 5.76 Å². The third kappa shape index (κ3) is 2.86. The Morgan fingerprint density at radius 1 is 1.00 bits per heavy atom. The number of aryl methyl sites for hydroxylation is 2. The van der Waals surface area contributed by atoms with Crippen molar-refractivity contribution < 1.29 is 14.0 Å². The molecule has 3 heterocycles. The van der Waals surface area contributed by atoms with E-state index in [0.717, 1.165) is 17.7 Å². The van der Waals surface area contributed by atoms with Crippen LogP contribution in [0.25, 0.3) is 0 Å². The average Bonchev–Trinajstić information content (AvgIpc) is 3.30. The van der Waals surface area contributed by atoms with Gasteiger partial charge in [-0.15, -0.1) is 11.3 Å². The van der Waals surface area contributed by atoms with E-state index in [-0.39, 0.29) is 11.8 Å². The molecule has 0 atom stereocenters. The Morgan fingerprint density at radius 3 is 2.38 bits per heavy atom. The van der Waals surface area contributed by atoms with Crippen molar-refractivity contribution in [2.24, 2.45) is 0 Å². The highest BCUT2D eigenvalue weighted by Gasteiger charge is 2.28. The monoisotopic (exact) mass is 344 g/mol. The van der Waals surface area contributed by atoms with Crippen LogP contribution in [0, 0.1) is 0 Å². The first-order valence-corrected chi connectivity index (χ1v) is 9.27. The number of furan rings is 1. The van der Waals surface area contributed by atoms with Crippen LogP contribution in [0.3, 0.4) is 0 Å². The number of thiophene rings is 1. The minimum atomic E-state index is -0.0984. The molecule has 0 N–H and O–H groups in total. The number of piperazine rings is 1. The van der Waals surface area contributed by atoms with Crippen molar-refractivity contribution in [1.29, 1.82) is 0 Å². The lowest BCUT2D eigenvalue weighted by Crippen LogP contribution is -2.50. The van der Waals surface area contributed by atoms with E-state index in [4.69, 9.17) is 4.42 Å². The van der Waals surface area contributed by atoms with Gasteiger partial charge in [0.25, 0.3) is 11.8 Å². The molecule has 2 amide bonds. The van der Waals surface area contributed by atoms with Gasteiger partial charge in [-0.1, -0.05) is 0 Å². The summed E-state index contributed by atoms with van der Waals surface area (Å²) >= 11 is 1.66. The molecule has 4 rings (SSSR count). The molecule has 2 aromatic heterocycles. The van der Waals surface area contributed by atoms with Crippen LogP contribution >= 0.6 is 11.3 Å². The summed E-state index contributed by atoms with van der Waals surface area (Å²) in [7, 11) is 0. The highest BCUT2D eigenvalue weighted by molar-refractivity contribution is 7.14. The molecule has 0 spiro atoms. The van der Waals surface area contributed by atoms with Crippen molar-refractivity contribution in [2.75, 3.05) is 26.2 Å². The highest BCUT2D eigenvalue weighted by atomic mass is 32.1. The molecular formula is C18H20N2O3S. The Balaban J connectivity index is 1.39. The Labute approximate surface area is 144 Å². The minimum Gasteiger partial charge on any atom is -0.459 e. The number of hydrogen-bond donors (Lipinski definition) is 0. The van der Waals surface area contributed by atoms with Gasteiger partial charge in [0.2, 0.25) is 0 Å². The number of fused-ring (bicyclic) bond motifs is 1. The summed E-state index contributed by atoms with van der Waals surface area (Å²) in [6.07, 6.45) is 6.18. The lowest BCUT2D eigenvalue weighted by molar-refractivity contribution is 0.0520. The molecule has 0 radical (unpaired) electrons. The maximum atomic E-state index is 12.7. The Hall–Kier alpha value is -2.08. The molecule has 1 fully saturated rings. The van der Waals surface area contributed by atoms with Crippen molar-refractivity contribution in [3.8, 4) is 0 Å². The van der Waals surface area contributed by atoms with Gasteiger partial charge in [-0.3, -0.25) is 9.59 Å². The summed E-state index contributed by atoms with van der Waals surface area (Å²) in [6, 6.07) is 5.48. The van der Waals surface area contributed by atoms with E-state index < -0.39 is 0 Å². The van der Waals surface area contributed by atoms with Crippen molar-refractivity contribution in [2.45, 2.75) is 25.7 Å². The van der Waals surface area contributed by atoms with Crippen LogP contribution in [-0.2, 0) is 12.8 Å². The number of hydrogen-bond acceptors (Lipinski definition) is 4. The number of amides is 2. The molecular weight excluding hydrogens is 324 g/mol. The topological polar surface area (TPSA) is 53.8 Å². The molecule has 2 aromatic rings. The second-order valence-electron chi connectivity index (χ2n) is 6.33.